The molecule has 0 aliphatic carbocycles. The van der Waals surface area contributed by atoms with E-state index in [-0.39, 0.29) is 11.6 Å². The van der Waals surface area contributed by atoms with Gasteiger partial charge in [-0.15, -0.1) is 0 Å². The zero-order chi connectivity index (χ0) is 10.6. The fourth-order valence-electron chi connectivity index (χ4n) is 1.49. The van der Waals surface area contributed by atoms with Gasteiger partial charge in [-0.05, 0) is 33.6 Å². The van der Waals surface area contributed by atoms with Gasteiger partial charge < -0.3 is 0 Å². The molecule has 0 aromatic rings. The van der Waals surface area contributed by atoms with Crippen LogP contribution in [0.15, 0.2) is 0 Å². The summed E-state index contributed by atoms with van der Waals surface area (Å²) in [4.78, 5) is 16.4. The molecule has 81 valence electrons. The highest BCUT2D eigenvalue weighted by Gasteiger charge is 2.25. The van der Waals surface area contributed by atoms with Crippen molar-refractivity contribution in [3.05, 3.63) is 0 Å². The second-order valence-corrected chi connectivity index (χ2v) is 4.57. The molecular formula is C10H19N2O2. The van der Waals surface area contributed by atoms with E-state index >= 15 is 0 Å². The molecule has 1 saturated heterocycles. The van der Waals surface area contributed by atoms with Gasteiger partial charge >= 0.3 is 0 Å². The average molecular weight is 199 g/mol. The van der Waals surface area contributed by atoms with Crippen molar-refractivity contribution in [3.63, 3.8) is 0 Å². The Hall–Kier alpha value is -0.610. The summed E-state index contributed by atoms with van der Waals surface area (Å²) >= 11 is 0. The van der Waals surface area contributed by atoms with Gasteiger partial charge in [0.15, 0.2) is 0 Å². The van der Waals surface area contributed by atoms with E-state index in [0.717, 1.165) is 32.3 Å². The third-order valence-electron chi connectivity index (χ3n) is 2.08. The van der Waals surface area contributed by atoms with E-state index in [1.807, 2.05) is 20.8 Å². The SMILES string of the molecule is CC(C)(C)ON(C=O)C1CC[N]CC1. The topological polar surface area (TPSA) is 43.6 Å². The molecule has 1 fully saturated rings. The highest BCUT2D eigenvalue weighted by molar-refractivity contribution is 5.45. The lowest BCUT2D eigenvalue weighted by molar-refractivity contribution is -0.234. The van der Waals surface area contributed by atoms with Crippen LogP contribution < -0.4 is 5.32 Å². The molecule has 1 amide bonds. The summed E-state index contributed by atoms with van der Waals surface area (Å²) in [6.07, 6.45) is 2.60. The summed E-state index contributed by atoms with van der Waals surface area (Å²) in [5, 5.41) is 5.70. The number of nitrogens with zero attached hydrogens (tertiary/aromatic N) is 2. The van der Waals surface area contributed by atoms with Crippen LogP contribution in [0, 0.1) is 0 Å². The number of piperidine rings is 1. The van der Waals surface area contributed by atoms with E-state index in [1.165, 1.54) is 5.06 Å². The Morgan fingerprint density at radius 2 is 1.93 bits per heavy atom. The molecule has 4 heteroatoms. The van der Waals surface area contributed by atoms with Crippen LogP contribution in [-0.4, -0.2) is 36.2 Å². The number of amides is 1. The Balaban J connectivity index is 2.47. The first-order chi connectivity index (χ1) is 6.53. The molecule has 1 rings (SSSR count). The predicted octanol–water partition coefficient (Wildman–Crippen LogP) is 0.942. The molecule has 0 aromatic heterocycles. The minimum atomic E-state index is -0.310. The van der Waals surface area contributed by atoms with Crippen LogP contribution in [0.4, 0.5) is 0 Å². The van der Waals surface area contributed by atoms with E-state index in [9.17, 15) is 4.79 Å². The summed E-state index contributed by atoms with van der Waals surface area (Å²) < 4.78 is 0. The molecule has 0 aromatic carbocycles. The Morgan fingerprint density at radius 3 is 2.36 bits per heavy atom. The van der Waals surface area contributed by atoms with Crippen molar-refractivity contribution >= 4 is 6.41 Å². The van der Waals surface area contributed by atoms with Crippen LogP contribution in [-0.2, 0) is 9.63 Å². The lowest BCUT2D eigenvalue weighted by Gasteiger charge is -2.34. The maximum absolute atomic E-state index is 10.9. The molecule has 1 radical (unpaired) electrons. The molecule has 1 aliphatic heterocycles. The van der Waals surface area contributed by atoms with Gasteiger partial charge in [0.25, 0.3) is 0 Å². The first-order valence-electron chi connectivity index (χ1n) is 5.09. The van der Waals surface area contributed by atoms with E-state index in [0.29, 0.717) is 0 Å². The minimum absolute atomic E-state index is 0.198. The van der Waals surface area contributed by atoms with Gasteiger partial charge in [0.2, 0.25) is 6.41 Å². The van der Waals surface area contributed by atoms with Crippen molar-refractivity contribution in [1.29, 1.82) is 0 Å². The van der Waals surface area contributed by atoms with Crippen molar-refractivity contribution in [2.75, 3.05) is 13.1 Å². The van der Waals surface area contributed by atoms with Gasteiger partial charge in [0.05, 0.1) is 11.6 Å². The largest absolute Gasteiger partial charge is 0.276 e. The van der Waals surface area contributed by atoms with Gasteiger partial charge in [-0.1, -0.05) is 0 Å². The monoisotopic (exact) mass is 199 g/mol. The Labute approximate surface area is 85.6 Å². The van der Waals surface area contributed by atoms with E-state index in [2.05, 4.69) is 5.32 Å². The number of carbonyl (C=O) groups excluding carboxylic acids is 1. The van der Waals surface area contributed by atoms with Crippen LogP contribution in [0.2, 0.25) is 0 Å². The summed E-state index contributed by atoms with van der Waals surface area (Å²) in [6.45, 7) is 7.50. The van der Waals surface area contributed by atoms with Gasteiger partial charge in [-0.25, -0.2) is 10.4 Å². The molecule has 0 N–H and O–H groups in total. The lowest BCUT2D eigenvalue weighted by Crippen LogP contribution is -2.44. The second kappa shape index (κ2) is 4.75. The van der Waals surface area contributed by atoms with Crippen molar-refractivity contribution in [3.8, 4) is 0 Å². The van der Waals surface area contributed by atoms with Crippen LogP contribution in [0.5, 0.6) is 0 Å². The Kier molecular flexibility index (Phi) is 3.89. The normalized spacial score (nSPS) is 19.4. The molecule has 0 atom stereocenters. The van der Waals surface area contributed by atoms with Crippen molar-refractivity contribution < 1.29 is 9.63 Å². The number of hydroxylamine groups is 2. The maximum Gasteiger partial charge on any atom is 0.233 e. The first kappa shape index (κ1) is 11.5. The zero-order valence-corrected chi connectivity index (χ0v) is 9.19. The fraction of sp³-hybridized carbons (Fsp3) is 0.900. The minimum Gasteiger partial charge on any atom is -0.276 e. The van der Waals surface area contributed by atoms with E-state index in [1.54, 1.807) is 0 Å². The fourth-order valence-corrected chi connectivity index (χ4v) is 1.49. The Morgan fingerprint density at radius 1 is 1.36 bits per heavy atom. The van der Waals surface area contributed by atoms with Crippen molar-refractivity contribution in [1.82, 2.24) is 10.4 Å². The highest BCUT2D eigenvalue weighted by atomic mass is 16.7. The molecule has 0 spiro atoms. The Bertz CT molecular complexity index is 183. The summed E-state index contributed by atoms with van der Waals surface area (Å²) in [5.74, 6) is 0. The first-order valence-corrected chi connectivity index (χ1v) is 5.09. The van der Waals surface area contributed by atoms with Crippen molar-refractivity contribution in [2.45, 2.75) is 45.3 Å². The zero-order valence-electron chi connectivity index (χ0n) is 9.19. The molecule has 0 saturated carbocycles. The van der Waals surface area contributed by atoms with Gasteiger partial charge in [-0.2, -0.15) is 0 Å². The van der Waals surface area contributed by atoms with E-state index < -0.39 is 0 Å². The second-order valence-electron chi connectivity index (χ2n) is 4.57. The van der Waals surface area contributed by atoms with Crippen molar-refractivity contribution in [2.24, 2.45) is 0 Å². The van der Waals surface area contributed by atoms with Crippen LogP contribution in [0.3, 0.4) is 0 Å². The summed E-state index contributed by atoms with van der Waals surface area (Å²) in [5.41, 5.74) is -0.310. The standard InChI is InChI=1S/C10H19N2O2/c1-10(2,3)14-12(8-13)9-4-6-11-7-5-9/h8-9H,4-7H2,1-3H3. The smallest absolute Gasteiger partial charge is 0.233 e. The molecule has 4 nitrogen and oxygen atoms in total. The highest BCUT2D eigenvalue weighted by Crippen LogP contribution is 2.16. The molecule has 0 bridgehead atoms. The van der Waals surface area contributed by atoms with Crippen LogP contribution in [0.25, 0.3) is 0 Å². The number of rotatable bonds is 3. The summed E-state index contributed by atoms with van der Waals surface area (Å²) in [6, 6.07) is 0.198. The summed E-state index contributed by atoms with van der Waals surface area (Å²) in [7, 11) is 0. The molecular weight excluding hydrogens is 180 g/mol. The van der Waals surface area contributed by atoms with E-state index in [4.69, 9.17) is 4.84 Å². The quantitative estimate of drug-likeness (QED) is 0.501. The molecule has 0 unspecified atom stereocenters. The van der Waals surface area contributed by atoms with Gasteiger partial charge in [-0.3, -0.25) is 9.63 Å². The lowest BCUT2D eigenvalue weighted by atomic mass is 10.1. The number of hydrogen-bond donors (Lipinski definition) is 0. The number of hydrogen-bond acceptors (Lipinski definition) is 2. The van der Waals surface area contributed by atoms with Gasteiger partial charge in [0, 0.05) is 13.1 Å². The molecule has 1 aliphatic rings. The maximum atomic E-state index is 10.9. The third-order valence-corrected chi connectivity index (χ3v) is 2.08. The van der Waals surface area contributed by atoms with Crippen LogP contribution >= 0.6 is 0 Å². The predicted molar refractivity (Wildman–Crippen MR) is 53.6 cm³/mol. The molecule has 1 heterocycles. The van der Waals surface area contributed by atoms with Crippen LogP contribution in [0.1, 0.15) is 33.6 Å². The third kappa shape index (κ3) is 3.64. The average Bonchev–Trinajstić information content (AvgIpc) is 2.14. The number of carbonyl (C=O) groups is 1. The molecule has 14 heavy (non-hydrogen) atoms. The van der Waals surface area contributed by atoms with Gasteiger partial charge in [0.1, 0.15) is 0 Å².